The fraction of sp³-hybridized carbons (Fsp3) is 0.0588. The summed E-state index contributed by atoms with van der Waals surface area (Å²) in [5.41, 5.74) is 0.966. The maximum absolute atomic E-state index is 12.3. The molecule has 0 fully saturated rings. The monoisotopic (exact) mass is 343 g/mol. The number of thiophene rings is 1. The highest BCUT2D eigenvalue weighted by atomic mass is 35.5. The summed E-state index contributed by atoms with van der Waals surface area (Å²) < 4.78 is 0. The molecule has 1 atom stereocenters. The molecule has 6 heteroatoms. The molecular formula is C17H14ClN3OS. The molecule has 0 radical (unpaired) electrons. The first-order valence-corrected chi connectivity index (χ1v) is 8.25. The molecule has 4 nitrogen and oxygen atoms in total. The summed E-state index contributed by atoms with van der Waals surface area (Å²) in [6, 6.07) is 16.2. The third kappa shape index (κ3) is 4.09. The number of anilines is 1. The second kappa shape index (κ2) is 7.26. The zero-order chi connectivity index (χ0) is 16.1. The van der Waals surface area contributed by atoms with E-state index in [2.05, 4.69) is 15.6 Å². The van der Waals surface area contributed by atoms with E-state index in [9.17, 15) is 4.79 Å². The summed E-state index contributed by atoms with van der Waals surface area (Å²) in [6.45, 7) is 0. The summed E-state index contributed by atoms with van der Waals surface area (Å²) >= 11 is 7.54. The maximum Gasteiger partial charge on any atom is 0.321 e. The number of pyridine rings is 1. The van der Waals surface area contributed by atoms with Gasteiger partial charge in [-0.15, -0.1) is 11.3 Å². The summed E-state index contributed by atoms with van der Waals surface area (Å²) in [4.78, 5) is 17.4. The number of amides is 2. The van der Waals surface area contributed by atoms with E-state index in [1.807, 2.05) is 47.8 Å². The number of halogens is 1. The standard InChI is InChI=1S/C17H14ClN3OS/c18-13-8-6-12(7-9-13)16(14-4-3-11-23-14)21-17(22)20-15-5-1-2-10-19-15/h1-11,16H,(H2,19,20,21,22). The van der Waals surface area contributed by atoms with Crippen molar-refractivity contribution in [2.75, 3.05) is 5.32 Å². The first-order valence-electron chi connectivity index (χ1n) is 7.00. The van der Waals surface area contributed by atoms with Gasteiger partial charge < -0.3 is 5.32 Å². The normalized spacial score (nSPS) is 11.7. The highest BCUT2D eigenvalue weighted by Crippen LogP contribution is 2.27. The van der Waals surface area contributed by atoms with Gasteiger partial charge in [-0.25, -0.2) is 9.78 Å². The van der Waals surface area contributed by atoms with Crippen molar-refractivity contribution in [2.24, 2.45) is 0 Å². The van der Waals surface area contributed by atoms with Gasteiger partial charge in [0.2, 0.25) is 0 Å². The van der Waals surface area contributed by atoms with Gasteiger partial charge in [0.25, 0.3) is 0 Å². The van der Waals surface area contributed by atoms with E-state index < -0.39 is 0 Å². The van der Waals surface area contributed by atoms with Gasteiger partial charge in [-0.3, -0.25) is 5.32 Å². The molecular weight excluding hydrogens is 330 g/mol. The van der Waals surface area contributed by atoms with Crippen molar-refractivity contribution in [3.8, 4) is 0 Å². The summed E-state index contributed by atoms with van der Waals surface area (Å²) in [7, 11) is 0. The van der Waals surface area contributed by atoms with Gasteiger partial charge in [0.05, 0.1) is 6.04 Å². The summed E-state index contributed by atoms with van der Waals surface area (Å²) in [5, 5.41) is 8.36. The average molecular weight is 344 g/mol. The number of nitrogens with one attached hydrogen (secondary N) is 2. The Bertz CT molecular complexity index is 760. The molecule has 116 valence electrons. The Kier molecular flexibility index (Phi) is 4.90. The number of carbonyl (C=O) groups excluding carboxylic acids is 1. The lowest BCUT2D eigenvalue weighted by Gasteiger charge is -2.18. The van der Waals surface area contributed by atoms with Crippen LogP contribution < -0.4 is 10.6 Å². The first-order chi connectivity index (χ1) is 11.2. The van der Waals surface area contributed by atoms with Crippen LogP contribution in [-0.4, -0.2) is 11.0 Å². The van der Waals surface area contributed by atoms with Gasteiger partial charge in [-0.2, -0.15) is 0 Å². The van der Waals surface area contributed by atoms with Crippen molar-refractivity contribution in [3.05, 3.63) is 81.6 Å². The van der Waals surface area contributed by atoms with Crippen LogP contribution in [0.15, 0.2) is 66.2 Å². The lowest BCUT2D eigenvalue weighted by Crippen LogP contribution is -2.33. The van der Waals surface area contributed by atoms with E-state index in [1.54, 1.807) is 29.7 Å². The molecule has 0 aliphatic rings. The van der Waals surface area contributed by atoms with Crippen LogP contribution in [0, 0.1) is 0 Å². The van der Waals surface area contributed by atoms with Crippen LogP contribution in [0.1, 0.15) is 16.5 Å². The minimum Gasteiger partial charge on any atom is -0.326 e. The Balaban J connectivity index is 1.79. The van der Waals surface area contributed by atoms with E-state index in [4.69, 9.17) is 11.6 Å². The largest absolute Gasteiger partial charge is 0.326 e. The molecule has 0 saturated heterocycles. The Morgan fingerprint density at radius 3 is 2.57 bits per heavy atom. The number of urea groups is 1. The van der Waals surface area contributed by atoms with Crippen molar-refractivity contribution in [3.63, 3.8) is 0 Å². The van der Waals surface area contributed by atoms with Crippen molar-refractivity contribution >= 4 is 34.8 Å². The maximum atomic E-state index is 12.3. The SMILES string of the molecule is O=C(Nc1ccccn1)NC(c1ccc(Cl)cc1)c1cccs1. The van der Waals surface area contributed by atoms with E-state index in [0.717, 1.165) is 10.4 Å². The van der Waals surface area contributed by atoms with Gasteiger partial charge in [-0.1, -0.05) is 35.9 Å². The molecule has 0 spiro atoms. The Hall–Kier alpha value is -2.37. The smallest absolute Gasteiger partial charge is 0.321 e. The van der Waals surface area contributed by atoms with Gasteiger partial charge in [0.15, 0.2) is 0 Å². The van der Waals surface area contributed by atoms with Crippen molar-refractivity contribution in [1.29, 1.82) is 0 Å². The lowest BCUT2D eigenvalue weighted by molar-refractivity contribution is 0.250. The first kappa shape index (κ1) is 15.5. The van der Waals surface area contributed by atoms with Crippen molar-refractivity contribution < 1.29 is 4.79 Å². The minimum absolute atomic E-state index is 0.240. The van der Waals surface area contributed by atoms with E-state index in [1.165, 1.54) is 0 Å². The molecule has 0 aliphatic heterocycles. The van der Waals surface area contributed by atoms with Crippen LogP contribution in [0.4, 0.5) is 10.6 Å². The summed E-state index contributed by atoms with van der Waals surface area (Å²) in [6.07, 6.45) is 1.63. The highest BCUT2D eigenvalue weighted by molar-refractivity contribution is 7.10. The Labute approximate surface area is 143 Å². The topological polar surface area (TPSA) is 54.0 Å². The highest BCUT2D eigenvalue weighted by Gasteiger charge is 2.18. The van der Waals surface area contributed by atoms with E-state index >= 15 is 0 Å². The number of rotatable bonds is 4. The van der Waals surface area contributed by atoms with Gasteiger partial charge in [0, 0.05) is 16.1 Å². The molecule has 2 aromatic heterocycles. The molecule has 1 unspecified atom stereocenters. The van der Waals surface area contributed by atoms with Crippen LogP contribution in [0.2, 0.25) is 5.02 Å². The van der Waals surface area contributed by atoms with Crippen LogP contribution >= 0.6 is 22.9 Å². The van der Waals surface area contributed by atoms with Crippen LogP contribution in [0.3, 0.4) is 0 Å². The molecule has 1 aromatic carbocycles. The Morgan fingerprint density at radius 2 is 1.91 bits per heavy atom. The fourth-order valence-electron chi connectivity index (χ4n) is 2.15. The molecule has 2 heterocycles. The molecule has 23 heavy (non-hydrogen) atoms. The third-order valence-corrected chi connectivity index (χ3v) is 4.40. The number of benzene rings is 1. The van der Waals surface area contributed by atoms with Crippen molar-refractivity contribution in [2.45, 2.75) is 6.04 Å². The van der Waals surface area contributed by atoms with Crippen LogP contribution in [0.25, 0.3) is 0 Å². The molecule has 0 aliphatic carbocycles. The molecule has 2 N–H and O–H groups in total. The van der Waals surface area contributed by atoms with Gasteiger partial charge in [-0.05, 0) is 41.3 Å². The molecule has 3 rings (SSSR count). The number of hydrogen-bond donors (Lipinski definition) is 2. The van der Waals surface area contributed by atoms with Gasteiger partial charge in [0.1, 0.15) is 5.82 Å². The van der Waals surface area contributed by atoms with Crippen molar-refractivity contribution in [1.82, 2.24) is 10.3 Å². The quantitative estimate of drug-likeness (QED) is 0.721. The molecule has 2 amide bonds. The molecule has 0 bridgehead atoms. The zero-order valence-electron chi connectivity index (χ0n) is 12.1. The number of aromatic nitrogens is 1. The number of hydrogen-bond acceptors (Lipinski definition) is 3. The van der Waals surface area contributed by atoms with Gasteiger partial charge >= 0.3 is 6.03 Å². The zero-order valence-corrected chi connectivity index (χ0v) is 13.6. The molecule has 0 saturated carbocycles. The van der Waals surface area contributed by atoms with E-state index in [0.29, 0.717) is 10.8 Å². The second-order valence-electron chi connectivity index (χ2n) is 4.81. The lowest BCUT2D eigenvalue weighted by atomic mass is 10.1. The second-order valence-corrected chi connectivity index (χ2v) is 6.23. The predicted molar refractivity (Wildman–Crippen MR) is 94.0 cm³/mol. The number of carbonyl (C=O) groups is 1. The minimum atomic E-state index is -0.308. The molecule has 3 aromatic rings. The predicted octanol–water partition coefficient (Wildman–Crippen LogP) is 4.71. The average Bonchev–Trinajstić information content (AvgIpc) is 3.09. The summed E-state index contributed by atoms with van der Waals surface area (Å²) in [5.74, 6) is 0.506. The van der Waals surface area contributed by atoms with Crippen LogP contribution in [0.5, 0.6) is 0 Å². The van der Waals surface area contributed by atoms with E-state index in [-0.39, 0.29) is 12.1 Å². The fourth-order valence-corrected chi connectivity index (χ4v) is 3.08. The number of nitrogens with zero attached hydrogens (tertiary/aromatic N) is 1. The van der Waals surface area contributed by atoms with Crippen LogP contribution in [-0.2, 0) is 0 Å². The third-order valence-electron chi connectivity index (χ3n) is 3.21. The Morgan fingerprint density at radius 1 is 1.09 bits per heavy atom.